The van der Waals surface area contributed by atoms with Crippen molar-refractivity contribution in [1.29, 1.82) is 0 Å². The van der Waals surface area contributed by atoms with E-state index in [1.807, 2.05) is 6.08 Å². The average molecular weight is 193 g/mol. The van der Waals surface area contributed by atoms with Crippen molar-refractivity contribution in [3.05, 3.63) is 40.7 Å². The zero-order valence-electron chi connectivity index (χ0n) is 7.16. The maximum Gasteiger partial charge on any atom is 0.442 e. The molecule has 1 aliphatic rings. The van der Waals surface area contributed by atoms with E-state index in [0.717, 1.165) is 0 Å². The maximum atomic E-state index is 10.5. The monoisotopic (exact) mass is 193 g/mol. The van der Waals surface area contributed by atoms with Crippen LogP contribution < -0.4 is 0 Å². The Bertz CT molecular complexity index is 419. The molecule has 0 N–H and O–H groups in total. The van der Waals surface area contributed by atoms with Gasteiger partial charge in [0.05, 0.1) is 0 Å². The standard InChI is InChI=1S/C8H7N3O3/c12-11(13)8-9-4-5-10(8)7-3-1-2-6-14-7/h1-5H,6H2. The predicted molar refractivity (Wildman–Crippen MR) is 48.2 cm³/mol. The molecule has 0 bridgehead atoms. The molecule has 1 aliphatic heterocycles. The van der Waals surface area contributed by atoms with Crippen molar-refractivity contribution in [1.82, 2.24) is 9.55 Å². The molecule has 0 unspecified atom stereocenters. The molecule has 2 heterocycles. The summed E-state index contributed by atoms with van der Waals surface area (Å²) < 4.78 is 6.50. The zero-order valence-corrected chi connectivity index (χ0v) is 7.16. The number of nitrogens with zero attached hydrogens (tertiary/aromatic N) is 3. The zero-order chi connectivity index (χ0) is 9.97. The van der Waals surface area contributed by atoms with Crippen molar-refractivity contribution < 1.29 is 9.66 Å². The van der Waals surface area contributed by atoms with E-state index in [4.69, 9.17) is 4.74 Å². The van der Waals surface area contributed by atoms with Gasteiger partial charge in [-0.3, -0.25) is 0 Å². The van der Waals surface area contributed by atoms with E-state index in [2.05, 4.69) is 4.98 Å². The van der Waals surface area contributed by atoms with Crippen molar-refractivity contribution in [3.8, 4) is 0 Å². The first-order chi connectivity index (χ1) is 6.79. The Hall–Kier alpha value is -2.11. The van der Waals surface area contributed by atoms with Gasteiger partial charge in [0.1, 0.15) is 19.0 Å². The lowest BCUT2D eigenvalue weighted by atomic mass is 10.4. The summed E-state index contributed by atoms with van der Waals surface area (Å²) in [7, 11) is 0. The van der Waals surface area contributed by atoms with E-state index >= 15 is 0 Å². The highest BCUT2D eigenvalue weighted by Crippen LogP contribution is 2.17. The van der Waals surface area contributed by atoms with E-state index < -0.39 is 4.92 Å². The summed E-state index contributed by atoms with van der Waals surface area (Å²) in [5, 5.41) is 10.5. The first-order valence-electron chi connectivity index (χ1n) is 3.97. The van der Waals surface area contributed by atoms with Gasteiger partial charge in [0.25, 0.3) is 5.88 Å². The minimum atomic E-state index is -0.553. The second-order valence-electron chi connectivity index (χ2n) is 2.60. The summed E-state index contributed by atoms with van der Waals surface area (Å²) >= 11 is 0. The molecule has 1 aromatic heterocycles. The van der Waals surface area contributed by atoms with Crippen molar-refractivity contribution in [3.63, 3.8) is 0 Å². The van der Waals surface area contributed by atoms with E-state index in [1.165, 1.54) is 17.0 Å². The van der Waals surface area contributed by atoms with E-state index in [0.29, 0.717) is 12.5 Å². The molecule has 14 heavy (non-hydrogen) atoms. The van der Waals surface area contributed by atoms with Gasteiger partial charge >= 0.3 is 5.95 Å². The summed E-state index contributed by atoms with van der Waals surface area (Å²) in [6.07, 6.45) is 8.09. The van der Waals surface area contributed by atoms with Gasteiger partial charge in [-0.15, -0.1) is 0 Å². The van der Waals surface area contributed by atoms with Gasteiger partial charge in [-0.2, -0.15) is 4.57 Å². The number of nitro groups is 1. The van der Waals surface area contributed by atoms with Gasteiger partial charge in [-0.1, -0.05) is 11.1 Å². The summed E-state index contributed by atoms with van der Waals surface area (Å²) in [6.45, 7) is 0.418. The van der Waals surface area contributed by atoms with Crippen LogP contribution in [0.1, 0.15) is 0 Å². The first-order valence-corrected chi connectivity index (χ1v) is 3.97. The van der Waals surface area contributed by atoms with Crippen molar-refractivity contribution in [2.75, 3.05) is 6.61 Å². The normalized spacial score (nSPS) is 14.7. The number of imidazole rings is 1. The second kappa shape index (κ2) is 3.33. The first kappa shape index (κ1) is 8.49. The largest absolute Gasteiger partial charge is 0.463 e. The summed E-state index contributed by atoms with van der Waals surface area (Å²) in [5.41, 5.74) is 0. The van der Waals surface area contributed by atoms with Crippen LogP contribution in [0.3, 0.4) is 0 Å². The molecule has 72 valence electrons. The molecule has 2 rings (SSSR count). The number of aromatic nitrogens is 2. The van der Waals surface area contributed by atoms with Crippen molar-refractivity contribution in [2.24, 2.45) is 0 Å². The van der Waals surface area contributed by atoms with Gasteiger partial charge < -0.3 is 14.9 Å². The Morgan fingerprint density at radius 3 is 3.14 bits per heavy atom. The summed E-state index contributed by atoms with van der Waals surface area (Å²) in [6, 6.07) is 0. The van der Waals surface area contributed by atoms with Crippen LogP contribution >= 0.6 is 0 Å². The van der Waals surface area contributed by atoms with Crippen LogP contribution in [0.5, 0.6) is 0 Å². The third-order valence-electron chi connectivity index (χ3n) is 1.72. The van der Waals surface area contributed by atoms with E-state index in [1.54, 1.807) is 12.2 Å². The highest BCUT2D eigenvalue weighted by atomic mass is 16.6. The Labute approximate surface area is 79.3 Å². The average Bonchev–Trinajstić information content (AvgIpc) is 2.67. The second-order valence-corrected chi connectivity index (χ2v) is 2.60. The fourth-order valence-electron chi connectivity index (χ4n) is 1.14. The Balaban J connectivity index is 2.40. The third kappa shape index (κ3) is 1.37. The number of rotatable bonds is 2. The van der Waals surface area contributed by atoms with Crippen LogP contribution in [-0.2, 0) is 4.74 Å². The van der Waals surface area contributed by atoms with Gasteiger partial charge in [-0.25, -0.2) is 0 Å². The molecule has 0 aromatic carbocycles. The molecule has 0 radical (unpaired) electrons. The van der Waals surface area contributed by atoms with E-state index in [-0.39, 0.29) is 5.95 Å². The topological polar surface area (TPSA) is 70.2 Å². The van der Waals surface area contributed by atoms with Crippen LogP contribution in [0, 0.1) is 10.1 Å². The molecule has 0 aliphatic carbocycles. The van der Waals surface area contributed by atoms with Gasteiger partial charge in [0.15, 0.2) is 0 Å². The molecule has 1 aromatic rings. The predicted octanol–water partition coefficient (Wildman–Crippen LogP) is 1.18. The van der Waals surface area contributed by atoms with Crippen LogP contribution in [-0.4, -0.2) is 21.1 Å². The fraction of sp³-hybridized carbons (Fsp3) is 0.125. The number of allylic oxidation sites excluding steroid dienone is 2. The van der Waals surface area contributed by atoms with Gasteiger partial charge in [0, 0.05) is 6.08 Å². The quantitative estimate of drug-likeness (QED) is 0.522. The minimum absolute atomic E-state index is 0.244. The lowest BCUT2D eigenvalue weighted by Crippen LogP contribution is -2.06. The Morgan fingerprint density at radius 1 is 1.64 bits per heavy atom. The summed E-state index contributed by atoms with van der Waals surface area (Å²) in [4.78, 5) is 13.6. The summed E-state index contributed by atoms with van der Waals surface area (Å²) in [5.74, 6) is 0.170. The smallest absolute Gasteiger partial charge is 0.442 e. The molecule has 0 amide bonds. The lowest BCUT2D eigenvalue weighted by molar-refractivity contribution is -0.395. The Morgan fingerprint density at radius 2 is 2.50 bits per heavy atom. The number of ether oxygens (including phenoxy) is 1. The molecule has 0 saturated carbocycles. The van der Waals surface area contributed by atoms with Crippen LogP contribution in [0.15, 0.2) is 30.6 Å². The minimum Gasteiger partial charge on any atom is -0.463 e. The van der Waals surface area contributed by atoms with Crippen LogP contribution in [0.4, 0.5) is 5.95 Å². The third-order valence-corrected chi connectivity index (χ3v) is 1.72. The van der Waals surface area contributed by atoms with Gasteiger partial charge in [-0.05, 0) is 11.0 Å². The lowest BCUT2D eigenvalue weighted by Gasteiger charge is -2.08. The number of hydrogen-bond acceptors (Lipinski definition) is 4. The molecule has 0 spiro atoms. The fourth-order valence-corrected chi connectivity index (χ4v) is 1.14. The van der Waals surface area contributed by atoms with Crippen LogP contribution in [0.25, 0.3) is 5.88 Å². The van der Waals surface area contributed by atoms with E-state index in [9.17, 15) is 10.1 Å². The number of hydrogen-bond donors (Lipinski definition) is 0. The van der Waals surface area contributed by atoms with Crippen molar-refractivity contribution in [2.45, 2.75) is 0 Å². The molecule has 0 fully saturated rings. The highest BCUT2D eigenvalue weighted by molar-refractivity contribution is 5.46. The molecule has 0 atom stereocenters. The molecular formula is C8H7N3O3. The SMILES string of the molecule is O=[N+]([O-])c1nccn1C1=CC=CCO1. The molecule has 6 nitrogen and oxygen atoms in total. The molecular weight excluding hydrogens is 186 g/mol. The maximum absolute atomic E-state index is 10.5. The molecule has 6 heteroatoms. The van der Waals surface area contributed by atoms with Crippen molar-refractivity contribution >= 4 is 11.8 Å². The van der Waals surface area contributed by atoms with Gasteiger partial charge in [0.2, 0.25) is 0 Å². The Kier molecular flexibility index (Phi) is 2.02. The molecule has 0 saturated heterocycles. The van der Waals surface area contributed by atoms with Crippen LogP contribution in [0.2, 0.25) is 0 Å². The highest BCUT2D eigenvalue weighted by Gasteiger charge is 2.19.